The Kier molecular flexibility index (Phi) is 3.61. The number of hydrogen-bond acceptors (Lipinski definition) is 2. The number of nitrogens with two attached hydrogens (primary N) is 1. The van der Waals surface area contributed by atoms with Gasteiger partial charge in [-0.05, 0) is 12.5 Å². The zero-order valence-electron chi connectivity index (χ0n) is 4.35. The quantitative estimate of drug-likeness (QED) is 0.536. The zero-order chi connectivity index (χ0) is 5.70. The molecule has 0 amide bonds. The Morgan fingerprint density at radius 2 is 2.57 bits per heavy atom. The van der Waals surface area contributed by atoms with E-state index in [2.05, 4.69) is 0 Å². The van der Waals surface area contributed by atoms with Gasteiger partial charge in [-0.15, -0.1) is 0 Å². The van der Waals surface area contributed by atoms with Gasteiger partial charge in [0.2, 0.25) is 6.29 Å². The van der Waals surface area contributed by atoms with E-state index in [1.54, 1.807) is 6.29 Å². The molecule has 0 spiro atoms. The van der Waals surface area contributed by atoms with Gasteiger partial charge in [-0.3, -0.25) is 4.79 Å². The maximum atomic E-state index is 9.54. The Bertz CT molecular complexity index is 54.0. The molecule has 0 rings (SSSR count). The van der Waals surface area contributed by atoms with Gasteiger partial charge < -0.3 is 5.73 Å². The Hall–Kier alpha value is -0.370. The Morgan fingerprint density at radius 1 is 2.00 bits per heavy atom. The van der Waals surface area contributed by atoms with Crippen molar-refractivity contribution in [2.45, 2.75) is 6.92 Å². The maximum absolute atomic E-state index is 9.54. The predicted octanol–water partition coefficient (Wildman–Crippen LogP) is -0.105. The van der Waals surface area contributed by atoms with Gasteiger partial charge >= 0.3 is 0 Å². The summed E-state index contributed by atoms with van der Waals surface area (Å²) >= 11 is 0. The van der Waals surface area contributed by atoms with Crippen LogP contribution in [0.5, 0.6) is 0 Å². The first-order valence-corrected chi connectivity index (χ1v) is 2.22. The van der Waals surface area contributed by atoms with Crippen LogP contribution in [0.4, 0.5) is 0 Å². The molecule has 2 heteroatoms. The van der Waals surface area contributed by atoms with Gasteiger partial charge in [0, 0.05) is 6.42 Å². The largest absolute Gasteiger partial charge is 0.330 e. The molecule has 0 heterocycles. The Morgan fingerprint density at radius 3 is 2.71 bits per heavy atom. The molecule has 0 fully saturated rings. The number of carbonyl (C=O) groups excluding carboxylic acids is 1. The summed E-state index contributed by atoms with van der Waals surface area (Å²) in [4.78, 5) is 9.54. The highest BCUT2D eigenvalue weighted by atomic mass is 16.1. The first-order valence-electron chi connectivity index (χ1n) is 2.22. The molecule has 0 bridgehead atoms. The minimum atomic E-state index is 0.178. The molecule has 0 aromatic carbocycles. The summed E-state index contributed by atoms with van der Waals surface area (Å²) in [5.74, 6) is 0.178. The highest BCUT2D eigenvalue weighted by Crippen LogP contribution is 1.90. The summed E-state index contributed by atoms with van der Waals surface area (Å²) in [7, 11) is 0. The third-order valence-corrected chi connectivity index (χ3v) is 0.724. The highest BCUT2D eigenvalue weighted by molar-refractivity contribution is 5.62. The topological polar surface area (TPSA) is 43.1 Å². The van der Waals surface area contributed by atoms with Gasteiger partial charge in [0.25, 0.3) is 0 Å². The van der Waals surface area contributed by atoms with Crippen molar-refractivity contribution in [1.82, 2.24) is 0 Å². The van der Waals surface area contributed by atoms with Gasteiger partial charge in [-0.25, -0.2) is 0 Å². The maximum Gasteiger partial charge on any atom is 0.202 e. The van der Waals surface area contributed by atoms with Crippen molar-refractivity contribution in [3.63, 3.8) is 0 Å². The fourth-order valence-electron chi connectivity index (χ4n) is 0.184. The molecule has 7 heavy (non-hydrogen) atoms. The third-order valence-electron chi connectivity index (χ3n) is 0.724. The van der Waals surface area contributed by atoms with Gasteiger partial charge in [-0.1, -0.05) is 6.92 Å². The van der Waals surface area contributed by atoms with Crippen molar-refractivity contribution in [1.29, 1.82) is 0 Å². The average molecular weight is 99.1 g/mol. The van der Waals surface area contributed by atoms with Crippen molar-refractivity contribution in [3.8, 4) is 0 Å². The molecule has 2 N–H and O–H groups in total. The lowest BCUT2D eigenvalue weighted by atomic mass is 10.1. The van der Waals surface area contributed by atoms with Crippen molar-refractivity contribution in [2.24, 2.45) is 11.7 Å². The molecule has 0 saturated heterocycles. The summed E-state index contributed by atoms with van der Waals surface area (Å²) in [5, 5.41) is 0. The summed E-state index contributed by atoms with van der Waals surface area (Å²) < 4.78 is 0. The second-order valence-electron chi connectivity index (χ2n) is 1.50. The molecular formula is C5H9NO. The summed E-state index contributed by atoms with van der Waals surface area (Å²) in [5.41, 5.74) is 5.15. The van der Waals surface area contributed by atoms with E-state index in [9.17, 15) is 4.79 Å². The lowest BCUT2D eigenvalue weighted by molar-refractivity contribution is 0.552. The molecule has 0 aromatic rings. The lowest BCUT2D eigenvalue weighted by Crippen LogP contribution is -2.11. The fourth-order valence-corrected chi connectivity index (χ4v) is 0.184. The van der Waals surface area contributed by atoms with Crippen LogP contribution in [0.1, 0.15) is 6.92 Å². The van der Waals surface area contributed by atoms with E-state index < -0.39 is 0 Å². The van der Waals surface area contributed by atoms with Crippen LogP contribution in [0.2, 0.25) is 0 Å². The number of rotatable bonds is 3. The van der Waals surface area contributed by atoms with Gasteiger partial charge in [0.05, 0.1) is 0 Å². The normalized spacial score (nSPS) is 13.4. The monoisotopic (exact) mass is 99.1 g/mol. The first-order chi connectivity index (χ1) is 3.31. The smallest absolute Gasteiger partial charge is 0.202 e. The summed E-state index contributed by atoms with van der Waals surface area (Å²) in [6.07, 6.45) is 3.08. The van der Waals surface area contributed by atoms with Crippen molar-refractivity contribution >= 4 is 6.29 Å². The predicted molar refractivity (Wildman–Crippen MR) is 28.2 cm³/mol. The van der Waals surface area contributed by atoms with Crippen LogP contribution in [-0.2, 0) is 4.79 Å². The van der Waals surface area contributed by atoms with Gasteiger partial charge in [0.15, 0.2) is 0 Å². The number of hydrogen-bond donors (Lipinski definition) is 1. The van der Waals surface area contributed by atoms with Crippen molar-refractivity contribution in [3.05, 3.63) is 6.42 Å². The molecule has 0 aliphatic heterocycles. The average Bonchev–Trinajstić information content (AvgIpc) is 1.68. The molecule has 0 saturated carbocycles. The Balaban J connectivity index is 2.98. The highest BCUT2D eigenvalue weighted by Gasteiger charge is 1.95. The standard InChI is InChI=1S/C5H9NO/c1-5(4-6)2-3-7/h2,5H,4,6H2,1H3. The van der Waals surface area contributed by atoms with E-state index in [1.165, 1.54) is 6.42 Å². The van der Waals surface area contributed by atoms with Crippen molar-refractivity contribution in [2.75, 3.05) is 6.54 Å². The minimum Gasteiger partial charge on any atom is -0.330 e. The second-order valence-corrected chi connectivity index (χ2v) is 1.50. The van der Waals surface area contributed by atoms with Crippen LogP contribution >= 0.6 is 0 Å². The van der Waals surface area contributed by atoms with Crippen LogP contribution in [0, 0.1) is 12.3 Å². The van der Waals surface area contributed by atoms with E-state index in [-0.39, 0.29) is 5.92 Å². The first kappa shape index (κ1) is 6.63. The summed E-state index contributed by atoms with van der Waals surface area (Å²) in [6, 6.07) is 0. The molecule has 0 aliphatic rings. The lowest BCUT2D eigenvalue weighted by Gasteiger charge is -1.97. The Labute approximate surface area is 43.7 Å². The van der Waals surface area contributed by atoms with E-state index in [0.717, 1.165) is 0 Å². The molecule has 1 atom stereocenters. The van der Waals surface area contributed by atoms with Gasteiger partial charge in [0.1, 0.15) is 0 Å². The molecule has 40 valence electrons. The van der Waals surface area contributed by atoms with E-state index in [0.29, 0.717) is 6.54 Å². The molecular weight excluding hydrogens is 90.1 g/mol. The fraction of sp³-hybridized carbons (Fsp3) is 0.600. The molecule has 0 aromatic heterocycles. The van der Waals surface area contributed by atoms with Crippen molar-refractivity contribution < 1.29 is 4.79 Å². The molecule has 1 unspecified atom stereocenters. The van der Waals surface area contributed by atoms with Gasteiger partial charge in [-0.2, -0.15) is 0 Å². The SMILES string of the molecule is CC([CH][C]=O)CN. The second kappa shape index (κ2) is 3.81. The van der Waals surface area contributed by atoms with Crippen LogP contribution in [0.15, 0.2) is 0 Å². The minimum absolute atomic E-state index is 0.178. The zero-order valence-corrected chi connectivity index (χ0v) is 4.35. The van der Waals surface area contributed by atoms with Crippen LogP contribution in [0.25, 0.3) is 0 Å². The van der Waals surface area contributed by atoms with Crippen LogP contribution < -0.4 is 5.73 Å². The van der Waals surface area contributed by atoms with Crippen LogP contribution in [0.3, 0.4) is 0 Å². The molecule has 2 nitrogen and oxygen atoms in total. The summed E-state index contributed by atoms with van der Waals surface area (Å²) in [6.45, 7) is 2.39. The van der Waals surface area contributed by atoms with E-state index in [4.69, 9.17) is 5.73 Å². The van der Waals surface area contributed by atoms with E-state index >= 15 is 0 Å². The molecule has 2 radical (unpaired) electrons. The molecule has 0 aliphatic carbocycles. The third kappa shape index (κ3) is 3.46. The van der Waals surface area contributed by atoms with Crippen LogP contribution in [-0.4, -0.2) is 12.8 Å². The van der Waals surface area contributed by atoms with E-state index in [1.807, 2.05) is 6.92 Å².